The molecular formula is C24H46O3Si2. The van der Waals surface area contributed by atoms with Crippen LogP contribution in [0.15, 0.2) is 24.3 Å². The molecular weight excluding hydrogens is 392 g/mol. The Morgan fingerprint density at radius 1 is 0.966 bits per heavy atom. The largest absolute Gasteiger partial charge is 0.416 e. The summed E-state index contributed by atoms with van der Waals surface area (Å²) in [4.78, 5) is 11.0. The predicted molar refractivity (Wildman–Crippen MR) is 130 cm³/mol. The average Bonchev–Trinajstić information content (AvgIpc) is 2.58. The molecule has 0 bridgehead atoms. The van der Waals surface area contributed by atoms with Crippen LogP contribution in [0.4, 0.5) is 0 Å². The van der Waals surface area contributed by atoms with Crippen LogP contribution in [0.3, 0.4) is 0 Å². The number of carbonyl (C=O) groups excluding carboxylic acids is 1. The van der Waals surface area contributed by atoms with Crippen LogP contribution in [0, 0.1) is 5.41 Å². The highest BCUT2D eigenvalue weighted by Crippen LogP contribution is 2.44. The maximum Gasteiger partial charge on any atom is 0.192 e. The third kappa shape index (κ3) is 7.01. The third-order valence-electron chi connectivity index (χ3n) is 7.25. The van der Waals surface area contributed by atoms with E-state index < -0.39 is 16.6 Å². The van der Waals surface area contributed by atoms with Crippen molar-refractivity contribution < 1.29 is 13.6 Å². The fourth-order valence-corrected chi connectivity index (χ4v) is 5.44. The first-order valence-corrected chi connectivity index (χ1v) is 17.0. The summed E-state index contributed by atoms with van der Waals surface area (Å²) in [6, 6.07) is 0. The molecule has 0 aliphatic heterocycles. The number of aldehydes is 1. The molecule has 3 nitrogen and oxygen atoms in total. The molecule has 1 atom stereocenters. The summed E-state index contributed by atoms with van der Waals surface area (Å²) in [6.45, 7) is 23.6. The lowest BCUT2D eigenvalue weighted by atomic mass is 9.78. The van der Waals surface area contributed by atoms with Crippen LogP contribution in [0.5, 0.6) is 0 Å². The van der Waals surface area contributed by atoms with Gasteiger partial charge in [0.15, 0.2) is 16.6 Å². The van der Waals surface area contributed by atoms with Gasteiger partial charge in [0, 0.05) is 13.0 Å². The van der Waals surface area contributed by atoms with E-state index >= 15 is 0 Å². The Kier molecular flexibility index (Phi) is 8.93. The number of unbranched alkanes of at least 4 members (excludes halogenated alkanes) is 1. The summed E-state index contributed by atoms with van der Waals surface area (Å²) >= 11 is 0. The second kappa shape index (κ2) is 9.75. The van der Waals surface area contributed by atoms with Gasteiger partial charge in [-0.25, -0.2) is 0 Å². The highest BCUT2D eigenvalue weighted by atomic mass is 28.4. The monoisotopic (exact) mass is 438 g/mol. The molecule has 1 unspecified atom stereocenters. The topological polar surface area (TPSA) is 35.5 Å². The average molecular weight is 439 g/mol. The Bertz CT molecular complexity index is 580. The van der Waals surface area contributed by atoms with E-state index in [2.05, 4.69) is 92.0 Å². The molecule has 0 amide bonds. The minimum absolute atomic E-state index is 0.0286. The molecule has 1 rings (SSSR count). The van der Waals surface area contributed by atoms with Crippen LogP contribution in [0.1, 0.15) is 67.2 Å². The number of carbonyl (C=O) groups is 1. The van der Waals surface area contributed by atoms with E-state index in [1.807, 2.05) is 0 Å². The van der Waals surface area contributed by atoms with Gasteiger partial charge in [0.25, 0.3) is 0 Å². The predicted octanol–water partition coefficient (Wildman–Crippen LogP) is 7.27. The standard InChI is InChI=1S/C24H46O3Si2/c1-22(2,3)28(7,8)26-20-24(17-13-11-14-18-24)21(16-12-15-19-25)27-29(9,10)23(4,5)6/h13-14,17-19,21H,11-12,15-16,20H2,1-10H3. The molecule has 29 heavy (non-hydrogen) atoms. The summed E-state index contributed by atoms with van der Waals surface area (Å²) < 4.78 is 13.7. The van der Waals surface area contributed by atoms with E-state index in [-0.39, 0.29) is 21.6 Å². The second-order valence-electron chi connectivity index (χ2n) is 11.7. The van der Waals surface area contributed by atoms with Crippen LogP contribution in [-0.2, 0) is 13.6 Å². The van der Waals surface area contributed by atoms with Crippen molar-refractivity contribution in [3.8, 4) is 0 Å². The smallest absolute Gasteiger partial charge is 0.192 e. The van der Waals surface area contributed by atoms with E-state index in [4.69, 9.17) is 8.85 Å². The molecule has 0 aromatic heterocycles. The molecule has 0 spiro atoms. The molecule has 0 aromatic rings. The number of allylic oxidation sites excluding steroid dienone is 2. The molecule has 1 aliphatic carbocycles. The van der Waals surface area contributed by atoms with Crippen molar-refractivity contribution in [3.05, 3.63) is 24.3 Å². The third-order valence-corrected chi connectivity index (χ3v) is 16.2. The van der Waals surface area contributed by atoms with Crippen molar-refractivity contribution >= 4 is 22.9 Å². The molecule has 168 valence electrons. The van der Waals surface area contributed by atoms with E-state index in [9.17, 15) is 4.79 Å². The summed E-state index contributed by atoms with van der Waals surface area (Å²) in [6.07, 6.45) is 13.5. The zero-order valence-electron chi connectivity index (χ0n) is 20.7. The molecule has 0 fully saturated rings. The molecule has 0 N–H and O–H groups in total. The first-order chi connectivity index (χ1) is 13.1. The van der Waals surface area contributed by atoms with Crippen LogP contribution in [0.2, 0.25) is 36.3 Å². The lowest BCUT2D eigenvalue weighted by Crippen LogP contribution is -2.52. The van der Waals surface area contributed by atoms with Crippen molar-refractivity contribution in [3.63, 3.8) is 0 Å². The van der Waals surface area contributed by atoms with Gasteiger partial charge in [0.1, 0.15) is 6.29 Å². The zero-order valence-corrected chi connectivity index (χ0v) is 22.7. The SMILES string of the molecule is CC(C)(C)[Si](C)(C)OCC1(C(CCCC=O)O[Si](C)(C)C(C)(C)C)C=CCC=C1. The van der Waals surface area contributed by atoms with Gasteiger partial charge in [0.2, 0.25) is 0 Å². The number of rotatable bonds is 10. The van der Waals surface area contributed by atoms with Crippen LogP contribution in [0.25, 0.3) is 0 Å². The zero-order chi connectivity index (χ0) is 22.6. The molecule has 0 heterocycles. The van der Waals surface area contributed by atoms with Gasteiger partial charge in [-0.1, -0.05) is 65.8 Å². The summed E-state index contributed by atoms with van der Waals surface area (Å²) in [5, 5.41) is 0.309. The van der Waals surface area contributed by atoms with Crippen LogP contribution in [-0.4, -0.2) is 35.6 Å². The lowest BCUT2D eigenvalue weighted by Gasteiger charge is -2.47. The van der Waals surface area contributed by atoms with Gasteiger partial charge < -0.3 is 13.6 Å². The molecule has 0 aromatic carbocycles. The van der Waals surface area contributed by atoms with Crippen molar-refractivity contribution in [2.45, 2.75) is 110 Å². The lowest BCUT2D eigenvalue weighted by molar-refractivity contribution is -0.108. The van der Waals surface area contributed by atoms with Crippen molar-refractivity contribution in [2.24, 2.45) is 5.41 Å². The van der Waals surface area contributed by atoms with E-state index in [0.717, 1.165) is 25.5 Å². The fourth-order valence-electron chi connectivity index (χ4n) is 2.99. The normalized spacial score (nSPS) is 18.7. The minimum Gasteiger partial charge on any atom is -0.416 e. The maximum atomic E-state index is 11.0. The quantitative estimate of drug-likeness (QED) is 0.156. The Morgan fingerprint density at radius 3 is 1.93 bits per heavy atom. The van der Waals surface area contributed by atoms with Gasteiger partial charge in [-0.15, -0.1) is 0 Å². The molecule has 0 saturated carbocycles. The highest BCUT2D eigenvalue weighted by molar-refractivity contribution is 6.74. The Balaban J connectivity index is 3.24. The molecule has 1 aliphatic rings. The van der Waals surface area contributed by atoms with E-state index in [0.29, 0.717) is 13.0 Å². The Hall–Kier alpha value is -0.496. The molecule has 5 heteroatoms. The minimum atomic E-state index is -1.97. The highest BCUT2D eigenvalue weighted by Gasteiger charge is 2.46. The number of hydrogen-bond acceptors (Lipinski definition) is 3. The van der Waals surface area contributed by atoms with Crippen molar-refractivity contribution in [2.75, 3.05) is 6.61 Å². The van der Waals surface area contributed by atoms with Gasteiger partial charge in [0.05, 0.1) is 11.5 Å². The van der Waals surface area contributed by atoms with Gasteiger partial charge in [-0.05, 0) is 55.5 Å². The maximum absolute atomic E-state index is 11.0. The van der Waals surface area contributed by atoms with Crippen molar-refractivity contribution in [1.29, 1.82) is 0 Å². The Morgan fingerprint density at radius 2 is 1.48 bits per heavy atom. The summed E-state index contributed by atoms with van der Waals surface area (Å²) in [7, 11) is -3.85. The van der Waals surface area contributed by atoms with Crippen LogP contribution < -0.4 is 0 Å². The first-order valence-electron chi connectivity index (χ1n) is 11.2. The van der Waals surface area contributed by atoms with Gasteiger partial charge >= 0.3 is 0 Å². The molecule has 0 radical (unpaired) electrons. The van der Waals surface area contributed by atoms with E-state index in [1.54, 1.807) is 0 Å². The summed E-state index contributed by atoms with van der Waals surface area (Å²) in [5.41, 5.74) is -0.258. The first kappa shape index (κ1) is 26.5. The molecule has 0 saturated heterocycles. The van der Waals surface area contributed by atoms with Gasteiger partial charge in [-0.3, -0.25) is 0 Å². The Labute approximate surface area is 182 Å². The fraction of sp³-hybridized carbons (Fsp3) is 0.792. The van der Waals surface area contributed by atoms with Crippen LogP contribution >= 0.6 is 0 Å². The van der Waals surface area contributed by atoms with E-state index in [1.165, 1.54) is 0 Å². The number of hydrogen-bond donors (Lipinski definition) is 0. The van der Waals surface area contributed by atoms with Crippen molar-refractivity contribution in [1.82, 2.24) is 0 Å². The van der Waals surface area contributed by atoms with Gasteiger partial charge in [-0.2, -0.15) is 0 Å². The summed E-state index contributed by atoms with van der Waals surface area (Å²) in [5.74, 6) is 0. The second-order valence-corrected chi connectivity index (χ2v) is 21.2.